The number of benzene rings is 1. The van der Waals surface area contributed by atoms with Crippen molar-refractivity contribution in [2.75, 3.05) is 7.11 Å². The minimum Gasteiger partial charge on any atom is -0.496 e. The Bertz CT molecular complexity index is 561. The van der Waals surface area contributed by atoms with E-state index in [1.54, 1.807) is 7.11 Å². The van der Waals surface area contributed by atoms with Crippen molar-refractivity contribution in [3.63, 3.8) is 0 Å². The predicted molar refractivity (Wildman–Crippen MR) is 81.0 cm³/mol. The summed E-state index contributed by atoms with van der Waals surface area (Å²) in [5, 5.41) is 7.95. The molecule has 0 radical (unpaired) electrons. The van der Waals surface area contributed by atoms with Crippen LogP contribution in [0.25, 0.3) is 0 Å². The lowest BCUT2D eigenvalue weighted by Crippen LogP contribution is -2.22. The summed E-state index contributed by atoms with van der Waals surface area (Å²) in [5.41, 5.74) is 3.44. The molecule has 2 aromatic rings. The predicted octanol–water partition coefficient (Wildman–Crippen LogP) is 2.75. The summed E-state index contributed by atoms with van der Waals surface area (Å²) in [6.45, 7) is 7.88. The summed E-state index contributed by atoms with van der Waals surface area (Å²) in [7, 11) is 1.70. The van der Waals surface area contributed by atoms with Gasteiger partial charge in [0, 0.05) is 24.3 Å². The molecule has 0 saturated heterocycles. The fourth-order valence-electron chi connectivity index (χ4n) is 2.10. The van der Waals surface area contributed by atoms with Gasteiger partial charge in [-0.3, -0.25) is 4.68 Å². The summed E-state index contributed by atoms with van der Waals surface area (Å²) in [4.78, 5) is 0. The van der Waals surface area contributed by atoms with E-state index in [9.17, 15) is 0 Å². The molecule has 4 nitrogen and oxygen atoms in total. The van der Waals surface area contributed by atoms with Gasteiger partial charge in [0.05, 0.1) is 19.3 Å². The second-order valence-corrected chi connectivity index (χ2v) is 5.36. The molecule has 0 aliphatic rings. The molecule has 0 fully saturated rings. The Kier molecular flexibility index (Phi) is 4.79. The highest BCUT2D eigenvalue weighted by atomic mass is 16.5. The lowest BCUT2D eigenvalue weighted by molar-refractivity contribution is 0.407. The standard InChI is InChI=1S/C16H23N3O/c1-12(2)17-10-15-7-8-19(18-15)11-14-9-13(3)5-6-16(14)20-4/h5-9,12,17H,10-11H2,1-4H3. The van der Waals surface area contributed by atoms with Crippen LogP contribution in [0.5, 0.6) is 5.75 Å². The Balaban J connectivity index is 2.08. The molecule has 0 aliphatic heterocycles. The van der Waals surface area contributed by atoms with Crippen molar-refractivity contribution in [2.24, 2.45) is 0 Å². The number of aromatic nitrogens is 2. The maximum Gasteiger partial charge on any atom is 0.123 e. The first-order chi connectivity index (χ1) is 9.58. The highest BCUT2D eigenvalue weighted by molar-refractivity contribution is 5.36. The molecule has 0 saturated carbocycles. The van der Waals surface area contributed by atoms with Crippen molar-refractivity contribution in [1.82, 2.24) is 15.1 Å². The number of hydrogen-bond acceptors (Lipinski definition) is 3. The summed E-state index contributed by atoms with van der Waals surface area (Å²) < 4.78 is 7.36. The summed E-state index contributed by atoms with van der Waals surface area (Å²) in [6.07, 6.45) is 2.01. The van der Waals surface area contributed by atoms with Crippen LogP contribution >= 0.6 is 0 Å². The molecule has 0 aliphatic carbocycles. The first-order valence-electron chi connectivity index (χ1n) is 6.97. The van der Waals surface area contributed by atoms with Gasteiger partial charge in [-0.2, -0.15) is 5.10 Å². The minimum atomic E-state index is 0.469. The first-order valence-corrected chi connectivity index (χ1v) is 6.97. The van der Waals surface area contributed by atoms with E-state index >= 15 is 0 Å². The fraction of sp³-hybridized carbons (Fsp3) is 0.438. The van der Waals surface area contributed by atoms with Gasteiger partial charge in [0.15, 0.2) is 0 Å². The maximum atomic E-state index is 5.40. The number of nitrogens with one attached hydrogen (secondary N) is 1. The lowest BCUT2D eigenvalue weighted by Gasteiger charge is -2.10. The molecule has 20 heavy (non-hydrogen) atoms. The van der Waals surface area contributed by atoms with Gasteiger partial charge < -0.3 is 10.1 Å². The summed E-state index contributed by atoms with van der Waals surface area (Å²) in [6, 6.07) is 8.74. The van der Waals surface area contributed by atoms with Gasteiger partial charge in [-0.25, -0.2) is 0 Å². The molecule has 4 heteroatoms. The number of hydrogen-bond donors (Lipinski definition) is 1. The molecule has 0 unspecified atom stereocenters. The minimum absolute atomic E-state index is 0.469. The van der Waals surface area contributed by atoms with Crippen molar-refractivity contribution in [1.29, 1.82) is 0 Å². The monoisotopic (exact) mass is 273 g/mol. The van der Waals surface area contributed by atoms with Gasteiger partial charge in [-0.05, 0) is 19.1 Å². The summed E-state index contributed by atoms with van der Waals surface area (Å²) >= 11 is 0. The maximum absolute atomic E-state index is 5.40. The average Bonchev–Trinajstić information content (AvgIpc) is 2.84. The smallest absolute Gasteiger partial charge is 0.123 e. The number of ether oxygens (including phenoxy) is 1. The Morgan fingerprint density at radius 1 is 1.30 bits per heavy atom. The Hall–Kier alpha value is -1.81. The van der Waals surface area contributed by atoms with Crippen LogP contribution in [0, 0.1) is 6.92 Å². The van der Waals surface area contributed by atoms with Crippen LogP contribution in [0.2, 0.25) is 0 Å². The molecule has 108 valence electrons. The molecule has 2 rings (SSSR count). The molecule has 0 amide bonds. The largest absolute Gasteiger partial charge is 0.496 e. The summed E-state index contributed by atoms with van der Waals surface area (Å²) in [5.74, 6) is 0.910. The lowest BCUT2D eigenvalue weighted by atomic mass is 10.1. The quantitative estimate of drug-likeness (QED) is 0.879. The Morgan fingerprint density at radius 3 is 2.80 bits per heavy atom. The topological polar surface area (TPSA) is 39.1 Å². The molecular formula is C16H23N3O. The zero-order valence-electron chi connectivity index (χ0n) is 12.7. The number of aryl methyl sites for hydroxylation is 1. The van der Waals surface area contributed by atoms with Crippen LogP contribution in [0.3, 0.4) is 0 Å². The second-order valence-electron chi connectivity index (χ2n) is 5.36. The van der Waals surface area contributed by atoms with Crippen LogP contribution in [-0.4, -0.2) is 22.9 Å². The third-order valence-electron chi connectivity index (χ3n) is 3.16. The van der Waals surface area contributed by atoms with Crippen molar-refractivity contribution in [3.8, 4) is 5.75 Å². The molecule has 1 aromatic heterocycles. The normalized spacial score (nSPS) is 11.1. The van der Waals surface area contributed by atoms with Crippen LogP contribution in [0.1, 0.15) is 30.7 Å². The van der Waals surface area contributed by atoms with E-state index in [0.717, 1.165) is 30.1 Å². The van der Waals surface area contributed by atoms with Crippen molar-refractivity contribution >= 4 is 0 Å². The third-order valence-corrected chi connectivity index (χ3v) is 3.16. The van der Waals surface area contributed by atoms with E-state index in [-0.39, 0.29) is 0 Å². The van der Waals surface area contributed by atoms with Gasteiger partial charge in [0.2, 0.25) is 0 Å². The number of methoxy groups -OCH3 is 1. The highest BCUT2D eigenvalue weighted by Crippen LogP contribution is 2.20. The second kappa shape index (κ2) is 6.57. The zero-order valence-corrected chi connectivity index (χ0v) is 12.7. The fourth-order valence-corrected chi connectivity index (χ4v) is 2.10. The van der Waals surface area contributed by atoms with Crippen molar-refractivity contribution in [2.45, 2.75) is 39.9 Å². The van der Waals surface area contributed by atoms with E-state index in [0.29, 0.717) is 6.04 Å². The van der Waals surface area contributed by atoms with Crippen molar-refractivity contribution in [3.05, 3.63) is 47.3 Å². The van der Waals surface area contributed by atoms with Gasteiger partial charge >= 0.3 is 0 Å². The Morgan fingerprint density at radius 2 is 2.10 bits per heavy atom. The molecule has 0 atom stereocenters. The first kappa shape index (κ1) is 14.6. The number of rotatable bonds is 6. The SMILES string of the molecule is COc1ccc(C)cc1Cn1ccc(CNC(C)C)n1. The van der Waals surface area contributed by atoms with E-state index < -0.39 is 0 Å². The van der Waals surface area contributed by atoms with E-state index in [2.05, 4.69) is 49.4 Å². The van der Waals surface area contributed by atoms with Gasteiger partial charge in [-0.1, -0.05) is 31.5 Å². The van der Waals surface area contributed by atoms with Crippen LogP contribution in [0.15, 0.2) is 30.5 Å². The van der Waals surface area contributed by atoms with Crippen molar-refractivity contribution < 1.29 is 4.74 Å². The van der Waals surface area contributed by atoms with Crippen LogP contribution in [0.4, 0.5) is 0 Å². The van der Waals surface area contributed by atoms with E-state index in [1.165, 1.54) is 5.56 Å². The van der Waals surface area contributed by atoms with Crippen LogP contribution in [-0.2, 0) is 13.1 Å². The molecular weight excluding hydrogens is 250 g/mol. The zero-order chi connectivity index (χ0) is 14.5. The molecule has 1 N–H and O–H groups in total. The molecule has 1 aromatic carbocycles. The average molecular weight is 273 g/mol. The third kappa shape index (κ3) is 3.84. The van der Waals surface area contributed by atoms with Crippen LogP contribution < -0.4 is 10.1 Å². The van der Waals surface area contributed by atoms with E-state index in [4.69, 9.17) is 4.74 Å². The van der Waals surface area contributed by atoms with Gasteiger partial charge in [0.1, 0.15) is 5.75 Å². The van der Waals surface area contributed by atoms with E-state index in [1.807, 2.05) is 16.9 Å². The highest BCUT2D eigenvalue weighted by Gasteiger charge is 2.06. The Labute approximate surface area is 120 Å². The van der Waals surface area contributed by atoms with Gasteiger partial charge in [-0.15, -0.1) is 0 Å². The molecule has 1 heterocycles. The number of nitrogens with zero attached hydrogens (tertiary/aromatic N) is 2. The van der Waals surface area contributed by atoms with Gasteiger partial charge in [0.25, 0.3) is 0 Å². The molecule has 0 bridgehead atoms. The molecule has 0 spiro atoms.